The van der Waals surface area contributed by atoms with Gasteiger partial charge in [-0.1, -0.05) is 6.42 Å². The Kier molecular flexibility index (Phi) is 3.75. The monoisotopic (exact) mass is 200 g/mol. The first-order valence-corrected chi connectivity index (χ1v) is 5.63. The van der Waals surface area contributed by atoms with Crippen LogP contribution in [0.1, 0.15) is 19.3 Å². The van der Waals surface area contributed by atoms with Gasteiger partial charge in [-0.15, -0.1) is 0 Å². The van der Waals surface area contributed by atoms with Gasteiger partial charge in [0.2, 0.25) is 0 Å². The molecule has 0 radical (unpaired) electrons. The van der Waals surface area contributed by atoms with Crippen LogP contribution < -0.4 is 0 Å². The van der Waals surface area contributed by atoms with Gasteiger partial charge in [0.1, 0.15) is 0 Å². The first-order chi connectivity index (χ1) is 6.84. The van der Waals surface area contributed by atoms with E-state index in [0.29, 0.717) is 13.2 Å². The van der Waals surface area contributed by atoms with Crippen LogP contribution in [0.15, 0.2) is 0 Å². The highest BCUT2D eigenvalue weighted by Gasteiger charge is 2.21. The lowest BCUT2D eigenvalue weighted by Crippen LogP contribution is -2.37. The fraction of sp³-hybridized carbons (Fsp3) is 1.00. The summed E-state index contributed by atoms with van der Waals surface area (Å²) in [6.07, 6.45) is 3.78. The minimum Gasteiger partial charge on any atom is -0.389 e. The first kappa shape index (κ1) is 10.4. The largest absolute Gasteiger partial charge is 0.389 e. The molecule has 4 nitrogen and oxygen atoms in total. The number of hydrogen-bond acceptors (Lipinski definition) is 4. The summed E-state index contributed by atoms with van der Waals surface area (Å²) >= 11 is 0. The van der Waals surface area contributed by atoms with Gasteiger partial charge < -0.3 is 10.0 Å². The van der Waals surface area contributed by atoms with Crippen molar-refractivity contribution in [2.45, 2.75) is 25.4 Å². The summed E-state index contributed by atoms with van der Waals surface area (Å²) in [6.45, 7) is 5.62. The summed E-state index contributed by atoms with van der Waals surface area (Å²) in [6, 6.07) is 0. The number of β-amino-alcohol motifs (C(OH)–C–C–N with tert-alkyl or cyclic N) is 1. The van der Waals surface area contributed by atoms with Crippen LogP contribution in [0.3, 0.4) is 0 Å². The zero-order chi connectivity index (χ0) is 9.80. The smallest absolute Gasteiger partial charge is 0.0958 e. The predicted octanol–water partition coefficient (Wildman–Crippen LogP) is 0.0804. The molecule has 1 atom stereocenters. The van der Waals surface area contributed by atoms with E-state index >= 15 is 0 Å². The van der Waals surface area contributed by atoms with Crippen molar-refractivity contribution in [1.82, 2.24) is 9.96 Å². The molecule has 2 heterocycles. The molecule has 0 aromatic carbocycles. The van der Waals surface area contributed by atoms with Crippen molar-refractivity contribution in [3.8, 4) is 0 Å². The maximum absolute atomic E-state index is 9.26. The highest BCUT2D eigenvalue weighted by atomic mass is 16.7. The van der Waals surface area contributed by atoms with Crippen LogP contribution in [0.5, 0.6) is 0 Å². The molecule has 1 N–H and O–H groups in total. The van der Waals surface area contributed by atoms with Gasteiger partial charge in [-0.2, -0.15) is 5.06 Å². The van der Waals surface area contributed by atoms with Gasteiger partial charge in [0, 0.05) is 13.1 Å². The maximum Gasteiger partial charge on any atom is 0.0958 e. The number of hydroxylamine groups is 2. The molecule has 2 fully saturated rings. The number of nitrogens with zero attached hydrogens (tertiary/aromatic N) is 2. The summed E-state index contributed by atoms with van der Waals surface area (Å²) in [5.41, 5.74) is 0. The average Bonchev–Trinajstić information content (AvgIpc) is 2.63. The molecular weight excluding hydrogens is 180 g/mol. The molecule has 0 aromatic rings. The van der Waals surface area contributed by atoms with Gasteiger partial charge in [0.25, 0.3) is 0 Å². The van der Waals surface area contributed by atoms with Gasteiger partial charge >= 0.3 is 0 Å². The Balaban J connectivity index is 1.61. The third-order valence-corrected chi connectivity index (χ3v) is 2.98. The molecular formula is C10H20N2O2. The Morgan fingerprint density at radius 1 is 1.14 bits per heavy atom. The molecule has 1 unspecified atom stereocenters. The van der Waals surface area contributed by atoms with Gasteiger partial charge in [0.05, 0.1) is 19.3 Å². The van der Waals surface area contributed by atoms with E-state index in [1.54, 1.807) is 0 Å². The van der Waals surface area contributed by atoms with Crippen LogP contribution >= 0.6 is 0 Å². The summed E-state index contributed by atoms with van der Waals surface area (Å²) in [7, 11) is 0. The highest BCUT2D eigenvalue weighted by Crippen LogP contribution is 2.10. The lowest BCUT2D eigenvalue weighted by atomic mass is 10.1. The van der Waals surface area contributed by atoms with Crippen LogP contribution in [0.2, 0.25) is 0 Å². The SMILES string of the molecule is OC1CON(CCN2CCCCC2)C1. The standard InChI is InChI=1S/C10H20N2O2/c13-10-8-12(14-9-10)7-6-11-4-2-1-3-5-11/h10,13H,1-9H2. The van der Waals surface area contributed by atoms with Crippen LogP contribution in [0, 0.1) is 0 Å². The molecule has 0 bridgehead atoms. The minimum absolute atomic E-state index is 0.281. The van der Waals surface area contributed by atoms with Crippen LogP contribution in [-0.4, -0.2) is 60.5 Å². The number of likely N-dealkylation sites (tertiary alicyclic amines) is 1. The summed E-state index contributed by atoms with van der Waals surface area (Å²) in [5.74, 6) is 0. The van der Waals surface area contributed by atoms with Crippen molar-refractivity contribution in [3.05, 3.63) is 0 Å². The lowest BCUT2D eigenvalue weighted by Gasteiger charge is -2.27. The van der Waals surface area contributed by atoms with Gasteiger partial charge in [-0.05, 0) is 25.9 Å². The predicted molar refractivity (Wildman–Crippen MR) is 53.8 cm³/mol. The molecule has 2 aliphatic heterocycles. The average molecular weight is 200 g/mol. The van der Waals surface area contributed by atoms with E-state index in [2.05, 4.69) is 4.90 Å². The van der Waals surface area contributed by atoms with Crippen molar-refractivity contribution in [1.29, 1.82) is 0 Å². The molecule has 0 aliphatic carbocycles. The normalized spacial score (nSPS) is 31.1. The second-order valence-electron chi connectivity index (χ2n) is 4.24. The minimum atomic E-state index is -0.281. The van der Waals surface area contributed by atoms with Crippen molar-refractivity contribution in [3.63, 3.8) is 0 Å². The molecule has 0 spiro atoms. The fourth-order valence-electron chi connectivity index (χ4n) is 2.12. The number of hydrogen-bond donors (Lipinski definition) is 1. The molecule has 14 heavy (non-hydrogen) atoms. The maximum atomic E-state index is 9.26. The zero-order valence-corrected chi connectivity index (χ0v) is 8.69. The molecule has 2 rings (SSSR count). The van der Waals surface area contributed by atoms with Gasteiger partial charge in [-0.3, -0.25) is 4.84 Å². The summed E-state index contributed by atoms with van der Waals surface area (Å²) in [4.78, 5) is 7.80. The van der Waals surface area contributed by atoms with Crippen LogP contribution in [0.25, 0.3) is 0 Å². The topological polar surface area (TPSA) is 35.9 Å². The van der Waals surface area contributed by atoms with Gasteiger partial charge in [-0.25, -0.2) is 0 Å². The second-order valence-corrected chi connectivity index (χ2v) is 4.24. The lowest BCUT2D eigenvalue weighted by molar-refractivity contribution is -0.113. The molecule has 0 amide bonds. The summed E-state index contributed by atoms with van der Waals surface area (Å²) < 4.78 is 0. The van der Waals surface area contributed by atoms with E-state index in [-0.39, 0.29) is 6.10 Å². The Labute approximate surface area is 85.4 Å². The first-order valence-electron chi connectivity index (χ1n) is 5.63. The number of piperidine rings is 1. The zero-order valence-electron chi connectivity index (χ0n) is 8.69. The van der Waals surface area contributed by atoms with E-state index in [9.17, 15) is 5.11 Å². The van der Waals surface area contributed by atoms with E-state index in [0.717, 1.165) is 13.1 Å². The third kappa shape index (κ3) is 2.92. The van der Waals surface area contributed by atoms with Crippen LogP contribution in [0.4, 0.5) is 0 Å². The van der Waals surface area contributed by atoms with Crippen molar-refractivity contribution >= 4 is 0 Å². The Hall–Kier alpha value is -0.160. The summed E-state index contributed by atoms with van der Waals surface area (Å²) in [5, 5.41) is 11.1. The molecule has 2 aliphatic rings. The van der Waals surface area contributed by atoms with Crippen molar-refractivity contribution in [2.24, 2.45) is 0 Å². The molecule has 0 saturated carbocycles. The van der Waals surface area contributed by atoms with Crippen molar-refractivity contribution in [2.75, 3.05) is 39.3 Å². The van der Waals surface area contributed by atoms with E-state index in [4.69, 9.17) is 4.84 Å². The Morgan fingerprint density at radius 3 is 2.57 bits per heavy atom. The van der Waals surface area contributed by atoms with Crippen LogP contribution in [-0.2, 0) is 4.84 Å². The van der Waals surface area contributed by atoms with E-state index in [1.807, 2.05) is 5.06 Å². The second kappa shape index (κ2) is 5.07. The molecule has 4 heteroatoms. The molecule has 0 aromatic heterocycles. The Morgan fingerprint density at radius 2 is 1.93 bits per heavy atom. The van der Waals surface area contributed by atoms with Crippen molar-refractivity contribution < 1.29 is 9.94 Å². The van der Waals surface area contributed by atoms with Gasteiger partial charge in [0.15, 0.2) is 0 Å². The van der Waals surface area contributed by atoms with E-state index < -0.39 is 0 Å². The number of rotatable bonds is 3. The van der Waals surface area contributed by atoms with E-state index in [1.165, 1.54) is 32.4 Å². The fourth-order valence-corrected chi connectivity index (χ4v) is 2.12. The number of aliphatic hydroxyl groups is 1. The highest BCUT2D eigenvalue weighted by molar-refractivity contribution is 4.68. The number of aliphatic hydroxyl groups excluding tert-OH is 1. The Bertz CT molecular complexity index is 167. The third-order valence-electron chi connectivity index (χ3n) is 2.98. The molecule has 2 saturated heterocycles. The quantitative estimate of drug-likeness (QED) is 0.700. The molecule has 82 valence electrons.